The molecule has 0 saturated carbocycles. The van der Waals surface area contributed by atoms with Crippen LogP contribution in [-0.4, -0.2) is 9.97 Å². The van der Waals surface area contributed by atoms with E-state index in [-0.39, 0.29) is 0 Å². The minimum Gasteiger partial charge on any atom is -0.461 e. The van der Waals surface area contributed by atoms with Crippen LogP contribution in [0.25, 0.3) is 11.5 Å². The molecule has 0 bridgehead atoms. The summed E-state index contributed by atoms with van der Waals surface area (Å²) in [7, 11) is 0. The minimum absolute atomic E-state index is 0.505. The molecule has 0 aliphatic rings. The summed E-state index contributed by atoms with van der Waals surface area (Å²) >= 11 is 3.40. The Morgan fingerprint density at radius 1 is 1.47 bits per heavy atom. The smallest absolute Gasteiger partial charge is 0.166 e. The van der Waals surface area contributed by atoms with E-state index in [0.717, 1.165) is 22.2 Å². The van der Waals surface area contributed by atoms with Crippen molar-refractivity contribution in [1.29, 1.82) is 0 Å². The highest BCUT2D eigenvalue weighted by Gasteiger charge is 2.14. The number of rotatable bonds is 2. The molecule has 2 N–H and O–H groups in total. The second-order valence-electron chi connectivity index (χ2n) is 3.04. The predicted molar refractivity (Wildman–Crippen MR) is 61.2 cm³/mol. The van der Waals surface area contributed by atoms with Gasteiger partial charge in [-0.1, -0.05) is 6.92 Å². The Labute approximate surface area is 95.7 Å². The topological polar surface area (TPSA) is 64.9 Å². The van der Waals surface area contributed by atoms with E-state index < -0.39 is 0 Å². The van der Waals surface area contributed by atoms with E-state index in [1.54, 1.807) is 6.26 Å². The predicted octanol–water partition coefficient (Wildman–Crippen LogP) is 2.64. The maximum absolute atomic E-state index is 5.78. The van der Waals surface area contributed by atoms with Crippen LogP contribution in [0.3, 0.4) is 0 Å². The van der Waals surface area contributed by atoms with Gasteiger partial charge >= 0.3 is 0 Å². The molecule has 2 aromatic rings. The highest BCUT2D eigenvalue weighted by atomic mass is 79.9. The van der Waals surface area contributed by atoms with Crippen molar-refractivity contribution in [2.24, 2.45) is 0 Å². The number of halogens is 1. The van der Waals surface area contributed by atoms with Gasteiger partial charge in [-0.05, 0) is 28.4 Å². The van der Waals surface area contributed by atoms with E-state index >= 15 is 0 Å². The fourth-order valence-electron chi connectivity index (χ4n) is 1.43. The molecule has 0 aliphatic heterocycles. The summed E-state index contributed by atoms with van der Waals surface area (Å²) in [5, 5.41) is 0. The van der Waals surface area contributed by atoms with Gasteiger partial charge < -0.3 is 10.2 Å². The van der Waals surface area contributed by atoms with Crippen LogP contribution in [0, 0.1) is 0 Å². The van der Waals surface area contributed by atoms with Crippen molar-refractivity contribution in [2.45, 2.75) is 13.3 Å². The van der Waals surface area contributed by atoms with E-state index in [2.05, 4.69) is 25.9 Å². The summed E-state index contributed by atoms with van der Waals surface area (Å²) < 4.78 is 6.23. The van der Waals surface area contributed by atoms with Gasteiger partial charge in [0.15, 0.2) is 5.76 Å². The molecule has 0 amide bonds. The van der Waals surface area contributed by atoms with Crippen molar-refractivity contribution >= 4 is 21.7 Å². The Morgan fingerprint density at radius 3 is 2.87 bits per heavy atom. The number of anilines is 1. The van der Waals surface area contributed by atoms with Crippen molar-refractivity contribution in [3.05, 3.63) is 28.7 Å². The number of nitrogens with two attached hydrogens (primary N) is 1. The van der Waals surface area contributed by atoms with E-state index in [9.17, 15) is 0 Å². The largest absolute Gasteiger partial charge is 0.461 e. The molecule has 0 radical (unpaired) electrons. The molecular weight excluding hydrogens is 258 g/mol. The molecule has 0 atom stereocenters. The van der Waals surface area contributed by atoms with Crippen LogP contribution in [0.15, 0.2) is 27.5 Å². The fourth-order valence-corrected chi connectivity index (χ4v) is 1.82. The summed E-state index contributed by atoms with van der Waals surface area (Å²) in [6.45, 7) is 2.01. The lowest BCUT2D eigenvalue weighted by Gasteiger charge is -2.06. The molecule has 0 fully saturated rings. The zero-order valence-corrected chi connectivity index (χ0v) is 9.78. The molecule has 2 rings (SSSR count). The molecule has 2 aromatic heterocycles. The lowest BCUT2D eigenvalue weighted by molar-refractivity contribution is 0.578. The number of aromatic nitrogens is 2. The monoisotopic (exact) mass is 267 g/mol. The van der Waals surface area contributed by atoms with Crippen LogP contribution in [0.2, 0.25) is 0 Å². The summed E-state index contributed by atoms with van der Waals surface area (Å²) in [4.78, 5) is 8.16. The number of hydrogen-bond donors (Lipinski definition) is 1. The molecule has 4 nitrogen and oxygen atoms in total. The number of nitrogen functional groups attached to an aromatic ring is 1. The number of furan rings is 1. The summed E-state index contributed by atoms with van der Waals surface area (Å²) in [5.41, 5.74) is 7.44. The van der Waals surface area contributed by atoms with Crippen LogP contribution in [-0.2, 0) is 6.42 Å². The molecule has 78 valence electrons. The lowest BCUT2D eigenvalue weighted by atomic mass is 10.1. The van der Waals surface area contributed by atoms with E-state index in [0.29, 0.717) is 11.6 Å². The SMILES string of the molecule is CCc1c(N)ncnc1-c1occc1Br. The van der Waals surface area contributed by atoms with Gasteiger partial charge in [0.25, 0.3) is 0 Å². The van der Waals surface area contributed by atoms with Gasteiger partial charge in [-0.15, -0.1) is 0 Å². The third-order valence-electron chi connectivity index (χ3n) is 2.16. The first-order valence-electron chi connectivity index (χ1n) is 4.56. The van der Waals surface area contributed by atoms with Crippen LogP contribution >= 0.6 is 15.9 Å². The molecule has 5 heteroatoms. The third-order valence-corrected chi connectivity index (χ3v) is 2.79. The number of nitrogens with zero attached hydrogens (tertiary/aromatic N) is 2. The van der Waals surface area contributed by atoms with Crippen molar-refractivity contribution < 1.29 is 4.42 Å². The van der Waals surface area contributed by atoms with Crippen LogP contribution in [0.1, 0.15) is 12.5 Å². The molecule has 15 heavy (non-hydrogen) atoms. The Balaban J connectivity index is 2.63. The normalized spacial score (nSPS) is 10.5. The lowest BCUT2D eigenvalue weighted by Crippen LogP contribution is -2.01. The second-order valence-corrected chi connectivity index (χ2v) is 3.89. The Kier molecular flexibility index (Phi) is 2.73. The second kappa shape index (κ2) is 4.02. The molecule has 0 aromatic carbocycles. The Morgan fingerprint density at radius 2 is 2.27 bits per heavy atom. The zero-order chi connectivity index (χ0) is 10.8. The standard InChI is InChI=1S/C10H10BrN3O/c1-2-6-8(13-5-14-10(6)12)9-7(11)3-4-15-9/h3-5H,2H2,1H3,(H2,12,13,14). The summed E-state index contributed by atoms with van der Waals surface area (Å²) in [6, 6.07) is 1.83. The maximum Gasteiger partial charge on any atom is 0.166 e. The maximum atomic E-state index is 5.78. The molecular formula is C10H10BrN3O. The molecule has 0 spiro atoms. The van der Waals surface area contributed by atoms with Gasteiger partial charge in [-0.3, -0.25) is 0 Å². The van der Waals surface area contributed by atoms with Gasteiger partial charge in [-0.25, -0.2) is 9.97 Å². The zero-order valence-electron chi connectivity index (χ0n) is 8.20. The first-order chi connectivity index (χ1) is 7.24. The van der Waals surface area contributed by atoms with Crippen molar-refractivity contribution in [2.75, 3.05) is 5.73 Å². The van der Waals surface area contributed by atoms with E-state index in [1.807, 2.05) is 13.0 Å². The summed E-state index contributed by atoms with van der Waals surface area (Å²) in [6.07, 6.45) is 3.82. The molecule has 0 unspecified atom stereocenters. The Bertz CT molecular complexity index is 481. The van der Waals surface area contributed by atoms with Gasteiger partial charge in [0.2, 0.25) is 0 Å². The highest BCUT2D eigenvalue weighted by molar-refractivity contribution is 9.10. The average Bonchev–Trinajstić information content (AvgIpc) is 2.64. The van der Waals surface area contributed by atoms with Crippen molar-refractivity contribution in [3.63, 3.8) is 0 Å². The van der Waals surface area contributed by atoms with Gasteiger partial charge in [0, 0.05) is 5.56 Å². The minimum atomic E-state index is 0.505. The van der Waals surface area contributed by atoms with Crippen LogP contribution in [0.4, 0.5) is 5.82 Å². The Hall–Kier alpha value is -1.36. The van der Waals surface area contributed by atoms with Gasteiger partial charge in [0.1, 0.15) is 17.8 Å². The van der Waals surface area contributed by atoms with E-state index in [1.165, 1.54) is 6.33 Å². The summed E-state index contributed by atoms with van der Waals surface area (Å²) in [5.74, 6) is 1.20. The van der Waals surface area contributed by atoms with Crippen LogP contribution < -0.4 is 5.73 Å². The number of hydrogen-bond acceptors (Lipinski definition) is 4. The average molecular weight is 268 g/mol. The molecule has 0 aliphatic carbocycles. The van der Waals surface area contributed by atoms with Gasteiger partial charge in [0.05, 0.1) is 10.7 Å². The van der Waals surface area contributed by atoms with Crippen molar-refractivity contribution in [1.82, 2.24) is 9.97 Å². The molecule has 0 saturated heterocycles. The van der Waals surface area contributed by atoms with Crippen molar-refractivity contribution in [3.8, 4) is 11.5 Å². The van der Waals surface area contributed by atoms with Crippen LogP contribution in [0.5, 0.6) is 0 Å². The van der Waals surface area contributed by atoms with Gasteiger partial charge in [-0.2, -0.15) is 0 Å². The third kappa shape index (κ3) is 1.74. The molecule has 2 heterocycles. The fraction of sp³-hybridized carbons (Fsp3) is 0.200. The first-order valence-corrected chi connectivity index (χ1v) is 5.36. The highest BCUT2D eigenvalue weighted by Crippen LogP contribution is 2.31. The first kappa shape index (κ1) is 10.2. The van der Waals surface area contributed by atoms with E-state index in [4.69, 9.17) is 10.2 Å². The quantitative estimate of drug-likeness (QED) is 0.909.